The zero-order valence-corrected chi connectivity index (χ0v) is 44.0. The van der Waals surface area contributed by atoms with E-state index in [-0.39, 0.29) is 31.8 Å². The second kappa shape index (κ2) is 23.9. The van der Waals surface area contributed by atoms with Crippen molar-refractivity contribution in [2.75, 3.05) is 30.0 Å². The van der Waals surface area contributed by atoms with Gasteiger partial charge in [-0.05, 0) is 177 Å². The van der Waals surface area contributed by atoms with E-state index < -0.39 is 31.7 Å². The van der Waals surface area contributed by atoms with Crippen molar-refractivity contribution in [1.29, 1.82) is 0 Å². The van der Waals surface area contributed by atoms with E-state index in [1.54, 1.807) is 36.4 Å². The number of benzene rings is 8. The number of phenols is 1. The third-order valence-electron chi connectivity index (χ3n) is 12.1. The summed E-state index contributed by atoms with van der Waals surface area (Å²) in [6, 6.07) is 41.1. The van der Waals surface area contributed by atoms with Gasteiger partial charge in [0.25, 0.3) is 20.2 Å². The number of hydrogen-bond donors (Lipinski definition) is 4. The molecule has 0 aliphatic carbocycles. The number of nitrogens with one attached hydrogen (secondary N) is 1. The molecule has 0 fully saturated rings. The second-order valence-electron chi connectivity index (χ2n) is 18.1. The molecular weight excluding hydrogens is 1010 g/mol. The summed E-state index contributed by atoms with van der Waals surface area (Å²) in [5, 5.41) is 54.0. The van der Waals surface area contributed by atoms with Crippen LogP contribution in [0.4, 0.5) is 56.9 Å². The van der Waals surface area contributed by atoms with Gasteiger partial charge >= 0.3 is 0 Å². The summed E-state index contributed by atoms with van der Waals surface area (Å²) in [7, 11) is -8.24. The zero-order valence-electron chi connectivity index (χ0n) is 42.3. The smallest absolute Gasteiger partial charge is 0.264 e. The summed E-state index contributed by atoms with van der Waals surface area (Å²) in [4.78, 5) is 0. The fraction of sp³-hybridized carbons (Fsp3) is 0.214. The first-order valence-corrected chi connectivity index (χ1v) is 27.4. The van der Waals surface area contributed by atoms with Crippen LogP contribution < -0.4 is 14.8 Å². The van der Waals surface area contributed by atoms with E-state index in [0.717, 1.165) is 49.8 Å². The number of nitrogens with zero attached hydrogens (tertiary/aromatic N) is 8. The predicted octanol–water partition coefficient (Wildman–Crippen LogP) is 16.3. The molecule has 390 valence electrons. The maximum Gasteiger partial charge on any atom is 0.264 e. The molecule has 18 nitrogen and oxygen atoms in total. The van der Waals surface area contributed by atoms with Gasteiger partial charge in [-0.1, -0.05) is 42.5 Å². The lowest BCUT2D eigenvalue weighted by molar-refractivity contribution is 0.310. The normalized spacial score (nSPS) is 12.3. The Balaban J connectivity index is 0.971. The van der Waals surface area contributed by atoms with Crippen LogP contribution in [0.15, 0.2) is 174 Å². The number of unbranched alkanes of at least 4 members (excludes halogenated alkanes) is 1. The van der Waals surface area contributed by atoms with Crippen LogP contribution in [0.3, 0.4) is 0 Å². The molecule has 0 aliphatic heterocycles. The van der Waals surface area contributed by atoms with Crippen LogP contribution in [0.5, 0.6) is 17.2 Å². The van der Waals surface area contributed by atoms with E-state index >= 15 is 0 Å². The molecule has 4 N–H and O–H groups in total. The molecule has 8 rings (SSSR count). The summed E-state index contributed by atoms with van der Waals surface area (Å²) < 4.78 is 75.3. The van der Waals surface area contributed by atoms with E-state index in [4.69, 9.17) is 14.0 Å². The van der Waals surface area contributed by atoms with E-state index in [9.17, 15) is 26.5 Å². The van der Waals surface area contributed by atoms with Crippen molar-refractivity contribution < 1.29 is 40.5 Å². The Labute approximate surface area is 440 Å². The lowest BCUT2D eigenvalue weighted by Crippen LogP contribution is -2.08. The number of phenolic OH excluding ortho intramolecular Hbond substituents is 1. The molecule has 0 radical (unpaired) electrons. The SMILES string of the molecule is Cc1cc(N=Nc2cc(C)c(N=Nc3cc(C)c(N=Nc4ccc5cc(Nc6ccccc6)ccc5c4O)cc3C)cc2C)c(OCCCCS(=O)(=O)O)cc1N=Nc1ccc2cccc(OCCCS(=O)(=O)O)c2c1. The van der Waals surface area contributed by atoms with Gasteiger partial charge in [-0.15, -0.1) is 10.2 Å². The molecule has 0 bridgehead atoms. The number of hydrogen-bond acceptors (Lipinski definition) is 16. The van der Waals surface area contributed by atoms with Gasteiger partial charge in [-0.2, -0.15) is 47.5 Å². The first-order chi connectivity index (χ1) is 36.4. The van der Waals surface area contributed by atoms with Gasteiger partial charge in [-0.3, -0.25) is 9.11 Å². The molecule has 0 saturated heterocycles. The summed E-state index contributed by atoms with van der Waals surface area (Å²) in [6.07, 6.45) is 0.615. The van der Waals surface area contributed by atoms with Gasteiger partial charge < -0.3 is 19.9 Å². The zero-order chi connectivity index (χ0) is 54.0. The molecule has 76 heavy (non-hydrogen) atoms. The average molecular weight is 1060 g/mol. The number of aryl methyl sites for hydroxylation is 5. The van der Waals surface area contributed by atoms with Gasteiger partial charge in [0.2, 0.25) is 0 Å². The van der Waals surface area contributed by atoms with Crippen LogP contribution in [0.2, 0.25) is 0 Å². The number of fused-ring (bicyclic) bond motifs is 2. The summed E-state index contributed by atoms with van der Waals surface area (Å²) in [6.45, 7) is 9.66. The van der Waals surface area contributed by atoms with Crippen molar-refractivity contribution in [2.24, 2.45) is 40.9 Å². The molecule has 0 unspecified atom stereocenters. The van der Waals surface area contributed by atoms with Crippen molar-refractivity contribution in [1.82, 2.24) is 0 Å². The number of azo groups is 4. The molecule has 8 aromatic rings. The molecule has 0 spiro atoms. The molecule has 0 aliphatic rings. The summed E-state index contributed by atoms with van der Waals surface area (Å²) in [5.74, 6) is 0.0683. The predicted molar refractivity (Wildman–Crippen MR) is 297 cm³/mol. The Bertz CT molecular complexity index is 3810. The van der Waals surface area contributed by atoms with Crippen LogP contribution >= 0.6 is 0 Å². The van der Waals surface area contributed by atoms with Gasteiger partial charge in [0.1, 0.15) is 22.9 Å². The third-order valence-corrected chi connectivity index (χ3v) is 13.7. The van der Waals surface area contributed by atoms with Crippen LogP contribution in [-0.2, 0) is 20.2 Å². The van der Waals surface area contributed by atoms with Crippen molar-refractivity contribution in [2.45, 2.75) is 53.9 Å². The molecule has 20 heteroatoms. The van der Waals surface area contributed by atoms with Crippen molar-refractivity contribution in [3.8, 4) is 17.2 Å². The monoisotopic (exact) mass is 1060 g/mol. The van der Waals surface area contributed by atoms with Crippen molar-refractivity contribution in [3.05, 3.63) is 161 Å². The minimum absolute atomic E-state index is 0.0395. The largest absolute Gasteiger partial charge is 0.505 e. The molecule has 0 aromatic heterocycles. The Hall–Kier alpha value is -8.30. The van der Waals surface area contributed by atoms with Gasteiger partial charge in [-0.25, -0.2) is 0 Å². The lowest BCUT2D eigenvalue weighted by atomic mass is 10.1. The Morgan fingerprint density at radius 1 is 0.421 bits per heavy atom. The summed E-state index contributed by atoms with van der Waals surface area (Å²) in [5.41, 5.74) is 10.0. The van der Waals surface area contributed by atoms with Crippen molar-refractivity contribution in [3.63, 3.8) is 0 Å². The number of anilines is 2. The minimum atomic E-state index is -4.13. The third kappa shape index (κ3) is 14.5. The highest BCUT2D eigenvalue weighted by atomic mass is 32.2. The number of rotatable bonds is 21. The number of para-hydroxylation sites is 1. The topological polar surface area (TPSA) is 258 Å². The Morgan fingerprint density at radius 2 is 0.934 bits per heavy atom. The number of aromatic hydroxyl groups is 1. The number of ether oxygens (including phenoxy) is 2. The molecule has 0 amide bonds. The molecule has 0 atom stereocenters. The van der Waals surface area contributed by atoms with Crippen LogP contribution in [0, 0.1) is 34.6 Å². The maximum absolute atomic E-state index is 11.3. The van der Waals surface area contributed by atoms with E-state index in [2.05, 4.69) is 46.2 Å². The highest BCUT2D eigenvalue weighted by Crippen LogP contribution is 2.41. The van der Waals surface area contributed by atoms with Crippen molar-refractivity contribution >= 4 is 98.7 Å². The van der Waals surface area contributed by atoms with Gasteiger partial charge in [0.05, 0.1) is 58.8 Å². The quantitative estimate of drug-likeness (QED) is 0.0300. The van der Waals surface area contributed by atoms with E-state index in [1.807, 2.05) is 132 Å². The lowest BCUT2D eigenvalue weighted by Gasteiger charge is -2.11. The van der Waals surface area contributed by atoms with E-state index in [0.29, 0.717) is 74.4 Å². The van der Waals surface area contributed by atoms with Crippen LogP contribution in [0.25, 0.3) is 21.5 Å². The van der Waals surface area contributed by atoms with Crippen LogP contribution in [0.1, 0.15) is 47.1 Å². The maximum atomic E-state index is 11.3. The standard InChI is InChI=1S/C56H55N9O9S2/c1-35-28-49(36(2)27-48(35)61-59-47-22-18-41-32-43(20-21-45(41)56(47)66)57-42-14-7-6-8-15-42)62-63-50-29-38(4)51(30-37(50)3)64-65-53-31-39(5)52(34-55(53)74-23-9-10-25-75(67,68)69)60-58-44-19-17-40-13-11-16-54(46(40)33-44)73-24-12-26-76(70,71)72/h6-8,11,13-22,27-34,57,66H,9-10,12,23-26H2,1-5H3,(H,67,68,69)(H,70,71,72). The van der Waals surface area contributed by atoms with Gasteiger partial charge in [0, 0.05) is 28.2 Å². The molecule has 0 heterocycles. The average Bonchev–Trinajstić information content (AvgIpc) is 3.40. The fourth-order valence-corrected chi connectivity index (χ4v) is 9.01. The second-order valence-corrected chi connectivity index (χ2v) is 21.3. The van der Waals surface area contributed by atoms with Gasteiger partial charge in [0.15, 0.2) is 5.75 Å². The fourth-order valence-electron chi connectivity index (χ4n) is 7.96. The highest BCUT2D eigenvalue weighted by molar-refractivity contribution is 7.86. The first kappa shape index (κ1) is 54.0. The molecular formula is C56H55N9O9S2. The minimum Gasteiger partial charge on any atom is -0.505 e. The molecule has 0 saturated carbocycles. The first-order valence-electron chi connectivity index (χ1n) is 24.2. The Morgan fingerprint density at radius 3 is 1.55 bits per heavy atom. The highest BCUT2D eigenvalue weighted by Gasteiger charge is 2.14. The van der Waals surface area contributed by atoms with Crippen LogP contribution in [-0.4, -0.2) is 55.8 Å². The molecule has 8 aromatic carbocycles. The Kier molecular flexibility index (Phi) is 17.0. The van der Waals surface area contributed by atoms with E-state index in [1.165, 1.54) is 0 Å². The summed E-state index contributed by atoms with van der Waals surface area (Å²) >= 11 is 0.